The van der Waals surface area contributed by atoms with Gasteiger partial charge in [0.2, 0.25) is 0 Å². The van der Waals surface area contributed by atoms with Gasteiger partial charge < -0.3 is 10.1 Å². The first-order chi connectivity index (χ1) is 9.19. The number of esters is 1. The number of anilines is 1. The highest BCUT2D eigenvalue weighted by atomic mass is 32.1. The minimum Gasteiger partial charge on any atom is -0.469 e. The van der Waals surface area contributed by atoms with Gasteiger partial charge in [-0.1, -0.05) is 0 Å². The summed E-state index contributed by atoms with van der Waals surface area (Å²) in [5.74, 6) is -0.211. The third kappa shape index (κ3) is 3.78. The molecule has 0 radical (unpaired) electrons. The summed E-state index contributed by atoms with van der Waals surface area (Å²) in [4.78, 5) is 15.5. The number of methoxy groups -OCH3 is 1. The number of nitrogens with one attached hydrogen (secondary N) is 1. The normalized spacial score (nSPS) is 10.4. The van der Waals surface area contributed by atoms with E-state index in [2.05, 4.69) is 20.1 Å². The van der Waals surface area contributed by atoms with Crippen LogP contribution in [-0.2, 0) is 29.5 Å². The largest absolute Gasteiger partial charge is 0.469 e. The molecule has 6 nitrogen and oxygen atoms in total. The minimum absolute atomic E-state index is 0.211. The van der Waals surface area contributed by atoms with E-state index in [1.807, 2.05) is 23.2 Å². The monoisotopic (exact) mass is 280 g/mol. The van der Waals surface area contributed by atoms with E-state index < -0.39 is 0 Å². The summed E-state index contributed by atoms with van der Waals surface area (Å²) in [6, 6.07) is 1.96. The Morgan fingerprint density at radius 2 is 2.42 bits per heavy atom. The van der Waals surface area contributed by atoms with Gasteiger partial charge in [-0.3, -0.25) is 9.48 Å². The number of thiazole rings is 1. The molecule has 7 heteroatoms. The fourth-order valence-corrected chi connectivity index (χ4v) is 2.32. The Hall–Kier alpha value is -1.89. The first-order valence-corrected chi connectivity index (χ1v) is 6.79. The Morgan fingerprint density at radius 3 is 3.11 bits per heavy atom. The van der Waals surface area contributed by atoms with Crippen LogP contribution in [0.25, 0.3) is 0 Å². The second-order valence-electron chi connectivity index (χ2n) is 4.02. The van der Waals surface area contributed by atoms with Crippen molar-refractivity contribution in [2.75, 3.05) is 12.4 Å². The minimum atomic E-state index is -0.211. The van der Waals surface area contributed by atoms with Crippen molar-refractivity contribution < 1.29 is 9.53 Å². The average molecular weight is 280 g/mol. The van der Waals surface area contributed by atoms with Gasteiger partial charge in [0.15, 0.2) is 5.13 Å². The lowest BCUT2D eigenvalue weighted by atomic mass is 10.2. The summed E-state index contributed by atoms with van der Waals surface area (Å²) in [5, 5.41) is 10.1. The second kappa shape index (κ2) is 6.33. The van der Waals surface area contributed by atoms with Crippen molar-refractivity contribution in [2.24, 2.45) is 7.05 Å². The topological polar surface area (TPSA) is 69.0 Å². The molecule has 19 heavy (non-hydrogen) atoms. The van der Waals surface area contributed by atoms with E-state index in [4.69, 9.17) is 0 Å². The lowest BCUT2D eigenvalue weighted by Crippen LogP contribution is -2.05. The molecule has 0 aliphatic heterocycles. The van der Waals surface area contributed by atoms with Crippen LogP contribution in [0.3, 0.4) is 0 Å². The molecular weight excluding hydrogens is 264 g/mol. The zero-order valence-electron chi connectivity index (χ0n) is 10.9. The fourth-order valence-electron chi connectivity index (χ4n) is 1.58. The first kappa shape index (κ1) is 13.5. The maximum atomic E-state index is 11.0. The van der Waals surface area contributed by atoms with Crippen LogP contribution in [-0.4, -0.2) is 27.8 Å². The number of hydrogen-bond donors (Lipinski definition) is 1. The Bertz CT molecular complexity index is 549. The summed E-state index contributed by atoms with van der Waals surface area (Å²) >= 11 is 1.53. The summed E-state index contributed by atoms with van der Waals surface area (Å²) < 4.78 is 6.42. The van der Waals surface area contributed by atoms with Gasteiger partial charge in [-0.15, -0.1) is 11.3 Å². The zero-order valence-corrected chi connectivity index (χ0v) is 11.7. The van der Waals surface area contributed by atoms with Gasteiger partial charge in [-0.25, -0.2) is 4.98 Å². The Balaban J connectivity index is 1.84. The van der Waals surface area contributed by atoms with Crippen LogP contribution in [0.15, 0.2) is 17.6 Å². The molecule has 2 aromatic rings. The molecule has 0 fully saturated rings. The molecule has 102 valence electrons. The summed E-state index contributed by atoms with van der Waals surface area (Å²) in [7, 11) is 3.30. The maximum absolute atomic E-state index is 11.0. The molecule has 0 unspecified atom stereocenters. The van der Waals surface area contributed by atoms with E-state index >= 15 is 0 Å². The maximum Gasteiger partial charge on any atom is 0.305 e. The van der Waals surface area contributed by atoms with Gasteiger partial charge in [0.1, 0.15) is 0 Å². The highest BCUT2D eigenvalue weighted by Gasteiger charge is 2.06. The molecule has 0 atom stereocenters. The molecule has 0 saturated carbocycles. The predicted molar refractivity (Wildman–Crippen MR) is 73.0 cm³/mol. The van der Waals surface area contributed by atoms with Crippen molar-refractivity contribution in [3.05, 3.63) is 29.0 Å². The Kier molecular flexibility index (Phi) is 4.51. The fraction of sp³-hybridized carbons (Fsp3) is 0.417. The van der Waals surface area contributed by atoms with Crippen molar-refractivity contribution in [3.8, 4) is 0 Å². The summed E-state index contributed by atoms with van der Waals surface area (Å²) in [5.41, 5.74) is 1.99. The standard InChI is InChI=1S/C12H16N4O2S/c1-16-10(5-6-14-16)7-13-12-15-9(8-19-12)3-4-11(17)18-2/h5-6,8H,3-4,7H2,1-2H3,(H,13,15). The number of ether oxygens (including phenoxy) is 1. The van der Waals surface area contributed by atoms with Crippen LogP contribution in [0.4, 0.5) is 5.13 Å². The molecule has 0 amide bonds. The molecule has 2 rings (SSSR count). The SMILES string of the molecule is COC(=O)CCc1csc(NCc2ccnn2C)n1. The molecule has 0 aromatic carbocycles. The molecular formula is C12H16N4O2S. The number of hydrogen-bond acceptors (Lipinski definition) is 6. The summed E-state index contributed by atoms with van der Waals surface area (Å²) in [6.07, 6.45) is 2.73. The van der Waals surface area contributed by atoms with Crippen LogP contribution in [0.2, 0.25) is 0 Å². The lowest BCUT2D eigenvalue weighted by molar-refractivity contribution is -0.140. The zero-order chi connectivity index (χ0) is 13.7. The van der Waals surface area contributed by atoms with Crippen LogP contribution in [0, 0.1) is 0 Å². The van der Waals surface area contributed by atoms with Gasteiger partial charge in [0.05, 0.1) is 31.5 Å². The smallest absolute Gasteiger partial charge is 0.305 e. The second-order valence-corrected chi connectivity index (χ2v) is 4.88. The van der Waals surface area contributed by atoms with Gasteiger partial charge >= 0.3 is 5.97 Å². The van der Waals surface area contributed by atoms with Gasteiger partial charge in [0, 0.05) is 25.0 Å². The molecule has 2 aromatic heterocycles. The highest BCUT2D eigenvalue weighted by molar-refractivity contribution is 7.13. The third-order valence-corrected chi connectivity index (χ3v) is 3.56. The molecule has 1 N–H and O–H groups in total. The number of aromatic nitrogens is 3. The molecule has 0 aliphatic rings. The lowest BCUT2D eigenvalue weighted by Gasteiger charge is -2.02. The number of carbonyl (C=O) groups excluding carboxylic acids is 1. The summed E-state index contributed by atoms with van der Waals surface area (Å²) in [6.45, 7) is 0.681. The van der Waals surface area contributed by atoms with E-state index in [1.165, 1.54) is 18.4 Å². The molecule has 0 aliphatic carbocycles. The van der Waals surface area contributed by atoms with E-state index in [9.17, 15) is 4.79 Å². The molecule has 0 saturated heterocycles. The number of carbonyl (C=O) groups is 1. The molecule has 2 heterocycles. The van der Waals surface area contributed by atoms with Crippen molar-refractivity contribution in [2.45, 2.75) is 19.4 Å². The van der Waals surface area contributed by atoms with Gasteiger partial charge in [-0.2, -0.15) is 5.10 Å². The van der Waals surface area contributed by atoms with E-state index in [-0.39, 0.29) is 5.97 Å². The Morgan fingerprint density at radius 1 is 1.58 bits per heavy atom. The molecule has 0 spiro atoms. The van der Waals surface area contributed by atoms with Crippen molar-refractivity contribution in [1.82, 2.24) is 14.8 Å². The van der Waals surface area contributed by atoms with Crippen LogP contribution in [0.1, 0.15) is 17.8 Å². The number of rotatable bonds is 6. The molecule has 0 bridgehead atoms. The quantitative estimate of drug-likeness (QED) is 0.814. The average Bonchev–Trinajstić information content (AvgIpc) is 3.02. The van der Waals surface area contributed by atoms with Crippen LogP contribution in [0.5, 0.6) is 0 Å². The Labute approximate surface area is 115 Å². The van der Waals surface area contributed by atoms with Crippen molar-refractivity contribution >= 4 is 22.4 Å². The third-order valence-electron chi connectivity index (χ3n) is 2.71. The van der Waals surface area contributed by atoms with Crippen molar-refractivity contribution in [3.63, 3.8) is 0 Å². The highest BCUT2D eigenvalue weighted by Crippen LogP contribution is 2.17. The predicted octanol–water partition coefficient (Wildman–Crippen LogP) is 1.59. The van der Waals surface area contributed by atoms with Crippen LogP contribution < -0.4 is 5.32 Å². The van der Waals surface area contributed by atoms with Gasteiger partial charge in [-0.05, 0) is 6.07 Å². The number of nitrogens with zero attached hydrogens (tertiary/aromatic N) is 3. The number of aryl methyl sites for hydroxylation is 2. The first-order valence-electron chi connectivity index (χ1n) is 5.91. The van der Waals surface area contributed by atoms with E-state index in [0.29, 0.717) is 19.4 Å². The van der Waals surface area contributed by atoms with Crippen molar-refractivity contribution in [1.29, 1.82) is 0 Å². The van der Waals surface area contributed by atoms with E-state index in [0.717, 1.165) is 16.5 Å². The van der Waals surface area contributed by atoms with Crippen LogP contribution >= 0.6 is 11.3 Å². The van der Waals surface area contributed by atoms with Gasteiger partial charge in [0.25, 0.3) is 0 Å². The van der Waals surface area contributed by atoms with E-state index in [1.54, 1.807) is 6.20 Å².